The van der Waals surface area contributed by atoms with E-state index in [0.717, 1.165) is 27.8 Å². The standard InChI is InChI=1S/C29H28N2O6/c1-2-14-36-28(34)30-17-20-9-7-8-19(15-20)16-26(27(32)33)31-29(35)37-18-25-23-12-5-3-10-21(23)22-11-4-6-13-24(22)25/h2-13,15,25-26H,1,14,16-18H2,(H,30,34)(H,31,35)(H,32,33)/t26-/m1/s1. The fourth-order valence-electron chi connectivity index (χ4n) is 4.44. The van der Waals surface area contributed by atoms with Gasteiger partial charge in [-0.15, -0.1) is 0 Å². The highest BCUT2D eigenvalue weighted by molar-refractivity contribution is 5.81. The summed E-state index contributed by atoms with van der Waals surface area (Å²) >= 11 is 0. The molecule has 0 fully saturated rings. The minimum atomic E-state index is -1.18. The smallest absolute Gasteiger partial charge is 0.407 e. The molecule has 1 aliphatic rings. The van der Waals surface area contributed by atoms with Crippen LogP contribution in [0.5, 0.6) is 0 Å². The van der Waals surface area contributed by atoms with Crippen LogP contribution in [0.15, 0.2) is 85.5 Å². The molecule has 190 valence electrons. The molecule has 0 bridgehead atoms. The van der Waals surface area contributed by atoms with Crippen molar-refractivity contribution in [3.05, 3.63) is 108 Å². The van der Waals surface area contributed by atoms with Crippen LogP contribution in [0.4, 0.5) is 9.59 Å². The van der Waals surface area contributed by atoms with E-state index in [1.54, 1.807) is 24.3 Å². The Bertz CT molecular complexity index is 1260. The molecule has 8 heteroatoms. The molecule has 1 atom stereocenters. The lowest BCUT2D eigenvalue weighted by molar-refractivity contribution is -0.139. The van der Waals surface area contributed by atoms with Gasteiger partial charge in [-0.1, -0.05) is 85.5 Å². The zero-order valence-corrected chi connectivity index (χ0v) is 20.2. The molecule has 0 aromatic heterocycles. The maximum Gasteiger partial charge on any atom is 0.407 e. The zero-order chi connectivity index (χ0) is 26.2. The number of hydrogen-bond donors (Lipinski definition) is 3. The summed E-state index contributed by atoms with van der Waals surface area (Å²) in [6, 6.07) is 21.9. The largest absolute Gasteiger partial charge is 0.480 e. The second-order valence-electron chi connectivity index (χ2n) is 8.63. The van der Waals surface area contributed by atoms with Crippen molar-refractivity contribution in [2.45, 2.75) is 24.9 Å². The van der Waals surface area contributed by atoms with Gasteiger partial charge in [0.2, 0.25) is 0 Å². The van der Waals surface area contributed by atoms with Crippen LogP contribution in [0.25, 0.3) is 11.1 Å². The summed E-state index contributed by atoms with van der Waals surface area (Å²) in [6.07, 6.45) is 0.145. The molecule has 0 saturated carbocycles. The van der Waals surface area contributed by atoms with Crippen LogP contribution in [-0.2, 0) is 27.2 Å². The van der Waals surface area contributed by atoms with Gasteiger partial charge in [0.15, 0.2) is 0 Å². The van der Waals surface area contributed by atoms with Crippen LogP contribution in [0, 0.1) is 0 Å². The van der Waals surface area contributed by atoms with Gasteiger partial charge in [0.05, 0.1) is 0 Å². The highest BCUT2D eigenvalue weighted by Crippen LogP contribution is 2.44. The van der Waals surface area contributed by atoms with Gasteiger partial charge >= 0.3 is 18.2 Å². The average Bonchev–Trinajstić information content (AvgIpc) is 3.23. The van der Waals surface area contributed by atoms with Gasteiger partial charge in [0.25, 0.3) is 0 Å². The SMILES string of the molecule is C=CCOC(=O)NCc1cccc(C[C@@H](NC(=O)OCC2c3ccccc3-c3ccccc32)C(=O)O)c1. The maximum atomic E-state index is 12.6. The quantitative estimate of drug-likeness (QED) is 0.350. The van der Waals surface area contributed by atoms with Crippen LogP contribution in [0.1, 0.15) is 28.2 Å². The summed E-state index contributed by atoms with van der Waals surface area (Å²) in [6.45, 7) is 3.89. The maximum absolute atomic E-state index is 12.6. The van der Waals surface area contributed by atoms with Crippen molar-refractivity contribution in [2.24, 2.45) is 0 Å². The lowest BCUT2D eigenvalue weighted by Gasteiger charge is -2.18. The van der Waals surface area contributed by atoms with Crippen molar-refractivity contribution in [3.63, 3.8) is 0 Å². The molecule has 0 spiro atoms. The number of carboxylic acid groups (broad SMARTS) is 1. The van der Waals surface area contributed by atoms with E-state index in [4.69, 9.17) is 9.47 Å². The second kappa shape index (κ2) is 11.9. The number of hydrogen-bond acceptors (Lipinski definition) is 5. The number of alkyl carbamates (subject to hydrolysis) is 2. The number of benzene rings is 3. The van der Waals surface area contributed by atoms with Crippen LogP contribution in [0.2, 0.25) is 0 Å². The minimum Gasteiger partial charge on any atom is -0.480 e. The fraction of sp³-hybridized carbons (Fsp3) is 0.207. The molecule has 0 unspecified atom stereocenters. The van der Waals surface area contributed by atoms with Gasteiger partial charge in [-0.05, 0) is 33.4 Å². The Hall–Kier alpha value is -4.59. The average molecular weight is 501 g/mol. The molecule has 0 aliphatic heterocycles. The van der Waals surface area contributed by atoms with E-state index in [1.165, 1.54) is 6.08 Å². The number of carboxylic acids is 1. The molecule has 8 nitrogen and oxygen atoms in total. The first kappa shape index (κ1) is 25.5. The van der Waals surface area contributed by atoms with E-state index in [9.17, 15) is 19.5 Å². The molecule has 4 rings (SSSR count). The lowest BCUT2D eigenvalue weighted by atomic mass is 9.98. The number of nitrogens with one attached hydrogen (secondary N) is 2. The minimum absolute atomic E-state index is 0.0499. The second-order valence-corrected chi connectivity index (χ2v) is 8.63. The zero-order valence-electron chi connectivity index (χ0n) is 20.2. The summed E-state index contributed by atoms with van der Waals surface area (Å²) in [5, 5.41) is 14.8. The molecule has 2 amide bonds. The summed E-state index contributed by atoms with van der Waals surface area (Å²) < 4.78 is 10.4. The Morgan fingerprint density at radius 1 is 0.892 bits per heavy atom. The molecule has 0 radical (unpaired) electrons. The Balaban J connectivity index is 1.35. The van der Waals surface area contributed by atoms with Gasteiger partial charge in [0, 0.05) is 18.9 Å². The van der Waals surface area contributed by atoms with Crippen molar-refractivity contribution < 1.29 is 29.0 Å². The summed E-state index contributed by atoms with van der Waals surface area (Å²) in [5.74, 6) is -1.30. The highest BCUT2D eigenvalue weighted by atomic mass is 16.6. The molecule has 0 heterocycles. The normalized spacial score (nSPS) is 12.5. The highest BCUT2D eigenvalue weighted by Gasteiger charge is 2.29. The first-order valence-electron chi connectivity index (χ1n) is 11.9. The van der Waals surface area contributed by atoms with E-state index in [2.05, 4.69) is 17.2 Å². The number of carbonyl (C=O) groups excluding carboxylic acids is 2. The van der Waals surface area contributed by atoms with Crippen molar-refractivity contribution in [1.29, 1.82) is 0 Å². The molecule has 3 aromatic carbocycles. The number of aliphatic carboxylic acids is 1. The molecule has 1 aliphatic carbocycles. The van der Waals surface area contributed by atoms with Crippen LogP contribution in [-0.4, -0.2) is 42.5 Å². The Morgan fingerprint density at radius 2 is 1.54 bits per heavy atom. The molecule has 3 N–H and O–H groups in total. The molecule has 0 saturated heterocycles. The van der Waals surface area contributed by atoms with E-state index < -0.39 is 24.2 Å². The topological polar surface area (TPSA) is 114 Å². The number of rotatable bonds is 10. The van der Waals surface area contributed by atoms with Gasteiger partial charge in [-0.25, -0.2) is 14.4 Å². The summed E-state index contributed by atoms with van der Waals surface area (Å²) in [7, 11) is 0. The number of ether oxygens (including phenoxy) is 2. The van der Waals surface area contributed by atoms with E-state index >= 15 is 0 Å². The van der Waals surface area contributed by atoms with Gasteiger partial charge in [-0.3, -0.25) is 0 Å². The molecular weight excluding hydrogens is 472 g/mol. The third kappa shape index (κ3) is 6.35. The van der Waals surface area contributed by atoms with E-state index in [1.807, 2.05) is 48.5 Å². The summed E-state index contributed by atoms with van der Waals surface area (Å²) in [5.41, 5.74) is 5.82. The van der Waals surface area contributed by atoms with Crippen molar-refractivity contribution >= 4 is 18.2 Å². The van der Waals surface area contributed by atoms with Gasteiger partial charge in [0.1, 0.15) is 19.3 Å². The molecular formula is C29H28N2O6. The Kier molecular flexibility index (Phi) is 8.20. The lowest BCUT2D eigenvalue weighted by Crippen LogP contribution is -2.43. The molecule has 37 heavy (non-hydrogen) atoms. The van der Waals surface area contributed by atoms with Crippen molar-refractivity contribution in [1.82, 2.24) is 10.6 Å². The third-order valence-electron chi connectivity index (χ3n) is 6.13. The Labute approximate surface area is 214 Å². The monoisotopic (exact) mass is 500 g/mol. The van der Waals surface area contributed by atoms with Gasteiger partial charge < -0.3 is 25.2 Å². The van der Waals surface area contributed by atoms with Crippen molar-refractivity contribution in [2.75, 3.05) is 13.2 Å². The van der Waals surface area contributed by atoms with Crippen molar-refractivity contribution in [3.8, 4) is 11.1 Å². The number of carbonyl (C=O) groups is 3. The number of amides is 2. The Morgan fingerprint density at radius 3 is 2.19 bits per heavy atom. The predicted molar refractivity (Wildman–Crippen MR) is 138 cm³/mol. The number of fused-ring (bicyclic) bond motifs is 3. The van der Waals surface area contributed by atoms with Crippen LogP contribution in [0.3, 0.4) is 0 Å². The van der Waals surface area contributed by atoms with Gasteiger partial charge in [-0.2, -0.15) is 0 Å². The van der Waals surface area contributed by atoms with E-state index in [-0.39, 0.29) is 32.1 Å². The van der Waals surface area contributed by atoms with Crippen LogP contribution < -0.4 is 10.6 Å². The predicted octanol–water partition coefficient (Wildman–Crippen LogP) is 4.63. The summed E-state index contributed by atoms with van der Waals surface area (Å²) in [4.78, 5) is 36.1. The molecule has 3 aromatic rings. The fourth-order valence-corrected chi connectivity index (χ4v) is 4.44. The van der Waals surface area contributed by atoms with E-state index in [0.29, 0.717) is 5.56 Å². The third-order valence-corrected chi connectivity index (χ3v) is 6.13. The first-order chi connectivity index (χ1) is 18.0. The van der Waals surface area contributed by atoms with Crippen LogP contribution >= 0.6 is 0 Å². The first-order valence-corrected chi connectivity index (χ1v) is 11.9.